The van der Waals surface area contributed by atoms with Crippen molar-refractivity contribution in [2.24, 2.45) is 0 Å². The monoisotopic (exact) mass is 273 g/mol. The van der Waals surface area contributed by atoms with Gasteiger partial charge in [-0.3, -0.25) is 0 Å². The quantitative estimate of drug-likeness (QED) is 0.794. The summed E-state index contributed by atoms with van der Waals surface area (Å²) in [6.07, 6.45) is 0.545. The van der Waals surface area contributed by atoms with Gasteiger partial charge < -0.3 is 9.63 Å². The lowest BCUT2D eigenvalue weighted by Gasteiger charge is -1.93. The average Bonchev–Trinajstić information content (AvgIpc) is 3.00. The molecule has 0 spiro atoms. The number of aromatic hydroxyl groups is 1. The Morgan fingerprint density at radius 3 is 2.68 bits per heavy atom. The Bertz CT molecular complexity index is 688. The number of rotatable bonds is 3. The van der Waals surface area contributed by atoms with Gasteiger partial charge in [0.1, 0.15) is 10.8 Å². The van der Waals surface area contributed by atoms with Crippen molar-refractivity contribution in [3.05, 3.63) is 46.2 Å². The second kappa shape index (κ2) is 4.81. The molecule has 1 N–H and O–H groups in total. The third kappa shape index (κ3) is 2.63. The van der Waals surface area contributed by atoms with Gasteiger partial charge in [-0.05, 0) is 31.2 Å². The van der Waals surface area contributed by atoms with Crippen molar-refractivity contribution in [3.63, 3.8) is 0 Å². The van der Waals surface area contributed by atoms with E-state index < -0.39 is 0 Å². The topological polar surface area (TPSA) is 72.0 Å². The lowest BCUT2D eigenvalue weighted by Crippen LogP contribution is -1.88. The van der Waals surface area contributed by atoms with E-state index in [1.54, 1.807) is 35.6 Å². The molecule has 0 saturated carbocycles. The third-order valence-electron chi connectivity index (χ3n) is 2.56. The SMILES string of the molecule is Cc1csc(Cc2nc(-c3ccc(O)cc3)no2)n1. The Labute approximate surface area is 113 Å². The van der Waals surface area contributed by atoms with Gasteiger partial charge in [-0.1, -0.05) is 5.16 Å². The minimum Gasteiger partial charge on any atom is -0.508 e. The van der Waals surface area contributed by atoms with E-state index >= 15 is 0 Å². The number of thiazole rings is 1. The third-order valence-corrected chi connectivity index (χ3v) is 3.53. The number of aromatic nitrogens is 3. The lowest BCUT2D eigenvalue weighted by atomic mass is 10.2. The molecule has 5 nitrogen and oxygen atoms in total. The fraction of sp³-hybridized carbons (Fsp3) is 0.154. The predicted molar refractivity (Wildman–Crippen MR) is 71.1 cm³/mol. The molecule has 3 aromatic rings. The van der Waals surface area contributed by atoms with E-state index in [9.17, 15) is 5.11 Å². The van der Waals surface area contributed by atoms with Crippen LogP contribution < -0.4 is 0 Å². The molecule has 2 heterocycles. The van der Waals surface area contributed by atoms with Crippen LogP contribution in [0.25, 0.3) is 11.4 Å². The van der Waals surface area contributed by atoms with Crippen LogP contribution in [0, 0.1) is 6.92 Å². The van der Waals surface area contributed by atoms with Crippen LogP contribution in [-0.4, -0.2) is 20.2 Å². The zero-order valence-electron chi connectivity index (χ0n) is 10.2. The molecule has 96 valence electrons. The zero-order chi connectivity index (χ0) is 13.2. The summed E-state index contributed by atoms with van der Waals surface area (Å²) in [4.78, 5) is 8.68. The van der Waals surface area contributed by atoms with E-state index in [2.05, 4.69) is 15.1 Å². The number of hydrogen-bond acceptors (Lipinski definition) is 6. The van der Waals surface area contributed by atoms with E-state index in [1.807, 2.05) is 12.3 Å². The van der Waals surface area contributed by atoms with Crippen molar-refractivity contribution in [3.8, 4) is 17.1 Å². The predicted octanol–water partition coefficient (Wildman–Crippen LogP) is 2.80. The highest BCUT2D eigenvalue weighted by atomic mass is 32.1. The highest BCUT2D eigenvalue weighted by Gasteiger charge is 2.10. The number of benzene rings is 1. The molecular weight excluding hydrogens is 262 g/mol. The average molecular weight is 273 g/mol. The maximum atomic E-state index is 9.23. The van der Waals surface area contributed by atoms with Gasteiger partial charge in [-0.2, -0.15) is 4.98 Å². The Balaban J connectivity index is 1.81. The first-order chi connectivity index (χ1) is 9.20. The fourth-order valence-corrected chi connectivity index (χ4v) is 2.43. The molecule has 0 aliphatic heterocycles. The van der Waals surface area contributed by atoms with Crippen molar-refractivity contribution in [1.82, 2.24) is 15.1 Å². The van der Waals surface area contributed by atoms with E-state index in [0.717, 1.165) is 16.3 Å². The number of phenols is 1. The van der Waals surface area contributed by atoms with Crippen LogP contribution in [0.2, 0.25) is 0 Å². The molecule has 6 heteroatoms. The van der Waals surface area contributed by atoms with Crippen LogP contribution in [0.1, 0.15) is 16.6 Å². The molecule has 0 saturated heterocycles. The van der Waals surface area contributed by atoms with E-state index in [4.69, 9.17) is 4.52 Å². The summed E-state index contributed by atoms with van der Waals surface area (Å²) >= 11 is 1.58. The zero-order valence-corrected chi connectivity index (χ0v) is 11.0. The van der Waals surface area contributed by atoms with Gasteiger partial charge >= 0.3 is 0 Å². The summed E-state index contributed by atoms with van der Waals surface area (Å²) in [5.41, 5.74) is 1.81. The van der Waals surface area contributed by atoms with Crippen LogP contribution >= 0.6 is 11.3 Å². The van der Waals surface area contributed by atoms with Crippen LogP contribution in [0.3, 0.4) is 0 Å². The molecule has 1 aromatic carbocycles. The minimum absolute atomic E-state index is 0.214. The van der Waals surface area contributed by atoms with Crippen LogP contribution in [0.4, 0.5) is 0 Å². The number of phenolic OH excluding ortho intramolecular Hbond substituents is 1. The van der Waals surface area contributed by atoms with Crippen LogP contribution in [-0.2, 0) is 6.42 Å². The first-order valence-corrected chi connectivity index (χ1v) is 6.61. The van der Waals surface area contributed by atoms with Crippen molar-refractivity contribution >= 4 is 11.3 Å². The van der Waals surface area contributed by atoms with Crippen LogP contribution in [0.15, 0.2) is 34.2 Å². The molecule has 0 fully saturated rings. The highest BCUT2D eigenvalue weighted by molar-refractivity contribution is 7.09. The number of hydrogen-bond donors (Lipinski definition) is 1. The highest BCUT2D eigenvalue weighted by Crippen LogP contribution is 2.20. The standard InChI is InChI=1S/C13H11N3O2S/c1-8-7-19-12(14-8)6-11-15-13(16-18-11)9-2-4-10(17)5-3-9/h2-5,7,17H,6H2,1H3. The van der Waals surface area contributed by atoms with Gasteiger partial charge in [0.25, 0.3) is 0 Å². The van der Waals surface area contributed by atoms with Gasteiger partial charge in [0.15, 0.2) is 0 Å². The Kier molecular flexibility index (Phi) is 3.00. The molecule has 0 atom stereocenters. The first kappa shape index (κ1) is 11.9. The second-order valence-electron chi connectivity index (χ2n) is 4.12. The van der Waals surface area contributed by atoms with Gasteiger partial charge in [-0.15, -0.1) is 11.3 Å². The molecule has 3 rings (SSSR count). The molecule has 0 bridgehead atoms. The maximum absolute atomic E-state index is 9.23. The Morgan fingerprint density at radius 1 is 1.21 bits per heavy atom. The molecule has 0 amide bonds. The fourth-order valence-electron chi connectivity index (χ4n) is 1.67. The molecule has 2 aromatic heterocycles. The Hall–Kier alpha value is -2.21. The van der Waals surface area contributed by atoms with E-state index in [-0.39, 0.29) is 5.75 Å². The summed E-state index contributed by atoms with van der Waals surface area (Å²) < 4.78 is 5.21. The normalized spacial score (nSPS) is 10.8. The Morgan fingerprint density at radius 2 is 2.00 bits per heavy atom. The molecule has 0 unspecified atom stereocenters. The summed E-state index contributed by atoms with van der Waals surface area (Å²) in [6.45, 7) is 1.95. The van der Waals surface area contributed by atoms with Crippen molar-refractivity contribution in [2.45, 2.75) is 13.3 Å². The molecule has 0 radical (unpaired) electrons. The minimum atomic E-state index is 0.214. The van der Waals surface area contributed by atoms with Gasteiger partial charge in [-0.25, -0.2) is 4.98 Å². The van der Waals surface area contributed by atoms with Crippen LogP contribution in [0.5, 0.6) is 5.75 Å². The maximum Gasteiger partial charge on any atom is 0.233 e. The summed E-state index contributed by atoms with van der Waals surface area (Å²) in [5.74, 6) is 1.27. The summed E-state index contributed by atoms with van der Waals surface area (Å²) in [7, 11) is 0. The van der Waals surface area contributed by atoms with E-state index in [1.165, 1.54) is 0 Å². The van der Waals surface area contributed by atoms with Gasteiger partial charge in [0.05, 0.1) is 6.42 Å². The van der Waals surface area contributed by atoms with Crippen molar-refractivity contribution < 1.29 is 9.63 Å². The molecule has 0 aliphatic carbocycles. The van der Waals surface area contributed by atoms with Crippen molar-refractivity contribution in [1.29, 1.82) is 0 Å². The molecule has 19 heavy (non-hydrogen) atoms. The number of aryl methyl sites for hydroxylation is 1. The second-order valence-corrected chi connectivity index (χ2v) is 5.06. The largest absolute Gasteiger partial charge is 0.508 e. The van der Waals surface area contributed by atoms with Gasteiger partial charge in [0, 0.05) is 16.6 Å². The summed E-state index contributed by atoms with van der Waals surface area (Å²) in [5, 5.41) is 16.1. The molecule has 0 aliphatic rings. The molecular formula is C13H11N3O2S. The smallest absolute Gasteiger partial charge is 0.233 e. The van der Waals surface area contributed by atoms with Gasteiger partial charge in [0.2, 0.25) is 11.7 Å². The lowest BCUT2D eigenvalue weighted by molar-refractivity contribution is 0.385. The number of nitrogens with zero attached hydrogens (tertiary/aromatic N) is 3. The van der Waals surface area contributed by atoms with E-state index in [0.29, 0.717) is 18.1 Å². The summed E-state index contributed by atoms with van der Waals surface area (Å²) in [6, 6.07) is 6.68. The van der Waals surface area contributed by atoms with Crippen molar-refractivity contribution in [2.75, 3.05) is 0 Å². The first-order valence-electron chi connectivity index (χ1n) is 5.74.